The highest BCUT2D eigenvalue weighted by Crippen LogP contribution is 2.25. The molecule has 8 heteroatoms. The fourth-order valence-electron chi connectivity index (χ4n) is 2.02. The minimum absolute atomic E-state index is 0.204. The summed E-state index contributed by atoms with van der Waals surface area (Å²) in [7, 11) is 3.18. The molecule has 0 saturated carbocycles. The zero-order valence-electron chi connectivity index (χ0n) is 14.4. The van der Waals surface area contributed by atoms with Crippen molar-refractivity contribution >= 4 is 44.9 Å². The van der Waals surface area contributed by atoms with Crippen LogP contribution < -0.4 is 20.1 Å². The van der Waals surface area contributed by atoms with E-state index in [1.165, 1.54) is 0 Å². The van der Waals surface area contributed by atoms with Gasteiger partial charge in [-0.3, -0.25) is 10.1 Å². The molecule has 138 valence electrons. The van der Waals surface area contributed by atoms with Crippen LogP contribution in [0.15, 0.2) is 46.9 Å². The number of hydrogen-bond donors (Lipinski definition) is 2. The van der Waals surface area contributed by atoms with Crippen molar-refractivity contribution in [2.45, 2.75) is 0 Å². The second-order valence-electron chi connectivity index (χ2n) is 5.12. The van der Waals surface area contributed by atoms with E-state index in [9.17, 15) is 4.79 Å². The lowest BCUT2D eigenvalue weighted by molar-refractivity contribution is 0.0977. The summed E-state index contributed by atoms with van der Waals surface area (Å²) in [5.74, 6) is 1.06. The van der Waals surface area contributed by atoms with Gasteiger partial charge in [-0.15, -0.1) is 0 Å². The average molecular weight is 439 g/mol. The van der Waals surface area contributed by atoms with Crippen molar-refractivity contribution in [1.82, 2.24) is 5.32 Å². The monoisotopic (exact) mass is 438 g/mol. The van der Waals surface area contributed by atoms with Gasteiger partial charge in [0, 0.05) is 18.4 Å². The standard InChI is InChI=1S/C18H19BrN2O4S/c1-23-9-10-25-14-6-4-13(5-7-14)20-18(26)21-17(22)12-3-8-16(24-2)15(19)11-12/h3-8,11H,9-10H2,1-2H3,(H2,20,21,22,26). The quantitative estimate of drug-likeness (QED) is 0.508. The summed E-state index contributed by atoms with van der Waals surface area (Å²) in [6, 6.07) is 12.3. The Morgan fingerprint density at radius 1 is 1.12 bits per heavy atom. The molecule has 2 rings (SSSR count). The van der Waals surface area contributed by atoms with E-state index >= 15 is 0 Å². The number of nitrogens with one attached hydrogen (secondary N) is 2. The number of rotatable bonds is 7. The van der Waals surface area contributed by atoms with E-state index in [1.54, 1.807) is 32.4 Å². The summed E-state index contributed by atoms with van der Waals surface area (Å²) in [5.41, 5.74) is 1.20. The topological polar surface area (TPSA) is 68.8 Å². The third kappa shape index (κ3) is 5.98. The van der Waals surface area contributed by atoms with Gasteiger partial charge in [-0.25, -0.2) is 0 Å². The number of anilines is 1. The van der Waals surface area contributed by atoms with Gasteiger partial charge < -0.3 is 19.5 Å². The Morgan fingerprint density at radius 2 is 1.85 bits per heavy atom. The molecular weight excluding hydrogens is 420 g/mol. The van der Waals surface area contributed by atoms with Crippen LogP contribution >= 0.6 is 28.1 Å². The maximum absolute atomic E-state index is 12.3. The molecule has 0 spiro atoms. The molecule has 0 aliphatic heterocycles. The van der Waals surface area contributed by atoms with Crippen molar-refractivity contribution in [2.75, 3.05) is 32.8 Å². The minimum Gasteiger partial charge on any atom is -0.496 e. The van der Waals surface area contributed by atoms with E-state index < -0.39 is 0 Å². The summed E-state index contributed by atoms with van der Waals surface area (Å²) in [6.45, 7) is 1.01. The number of hydrogen-bond acceptors (Lipinski definition) is 5. The number of methoxy groups -OCH3 is 2. The molecule has 1 amide bonds. The molecule has 0 aromatic heterocycles. The Labute approximate surface area is 166 Å². The molecule has 6 nitrogen and oxygen atoms in total. The number of carbonyl (C=O) groups is 1. The van der Waals surface area contributed by atoms with Crippen molar-refractivity contribution in [3.05, 3.63) is 52.5 Å². The second kappa shape index (κ2) is 10.1. The largest absolute Gasteiger partial charge is 0.496 e. The van der Waals surface area contributed by atoms with Crippen molar-refractivity contribution in [3.63, 3.8) is 0 Å². The summed E-state index contributed by atoms with van der Waals surface area (Å²) in [6.07, 6.45) is 0. The number of benzene rings is 2. The number of carbonyl (C=O) groups excluding carboxylic acids is 1. The lowest BCUT2D eigenvalue weighted by Crippen LogP contribution is -2.34. The number of halogens is 1. The lowest BCUT2D eigenvalue weighted by Gasteiger charge is -2.11. The number of ether oxygens (including phenoxy) is 3. The van der Waals surface area contributed by atoms with E-state index in [2.05, 4.69) is 26.6 Å². The molecule has 2 aromatic rings. The van der Waals surface area contributed by atoms with Crippen LogP contribution in [-0.4, -0.2) is 38.5 Å². The molecule has 0 fully saturated rings. The van der Waals surface area contributed by atoms with Gasteiger partial charge in [0.1, 0.15) is 18.1 Å². The highest BCUT2D eigenvalue weighted by atomic mass is 79.9. The predicted octanol–water partition coefficient (Wildman–Crippen LogP) is 3.61. The molecular formula is C18H19BrN2O4S. The summed E-state index contributed by atoms with van der Waals surface area (Å²) in [4.78, 5) is 12.3. The van der Waals surface area contributed by atoms with Gasteiger partial charge in [0.25, 0.3) is 5.91 Å². The van der Waals surface area contributed by atoms with Crippen LogP contribution in [0.1, 0.15) is 10.4 Å². The van der Waals surface area contributed by atoms with E-state index in [1.807, 2.05) is 24.3 Å². The van der Waals surface area contributed by atoms with Crippen molar-refractivity contribution in [3.8, 4) is 11.5 Å². The van der Waals surface area contributed by atoms with E-state index in [4.69, 9.17) is 26.4 Å². The number of thiocarbonyl (C=S) groups is 1. The minimum atomic E-state index is -0.314. The zero-order valence-corrected chi connectivity index (χ0v) is 16.8. The Hall–Kier alpha value is -2.16. The maximum Gasteiger partial charge on any atom is 0.257 e. The van der Waals surface area contributed by atoms with Crippen LogP contribution in [-0.2, 0) is 4.74 Å². The van der Waals surface area contributed by atoms with Crippen LogP contribution in [0, 0.1) is 0 Å². The predicted molar refractivity (Wildman–Crippen MR) is 108 cm³/mol. The lowest BCUT2D eigenvalue weighted by atomic mass is 10.2. The van der Waals surface area contributed by atoms with Gasteiger partial charge in [0.2, 0.25) is 0 Å². The SMILES string of the molecule is COCCOc1ccc(NC(=S)NC(=O)c2ccc(OC)c(Br)c2)cc1. The van der Waals surface area contributed by atoms with Crippen molar-refractivity contribution < 1.29 is 19.0 Å². The van der Waals surface area contributed by atoms with E-state index in [0.29, 0.717) is 29.0 Å². The van der Waals surface area contributed by atoms with Gasteiger partial charge in [0.15, 0.2) is 5.11 Å². The molecule has 0 bridgehead atoms. The van der Waals surface area contributed by atoms with E-state index in [0.717, 1.165) is 11.4 Å². The van der Waals surface area contributed by atoms with Gasteiger partial charge in [-0.05, 0) is 70.6 Å². The molecule has 0 aliphatic rings. The fraction of sp³-hybridized carbons (Fsp3) is 0.222. The van der Waals surface area contributed by atoms with Crippen molar-refractivity contribution in [1.29, 1.82) is 0 Å². The Morgan fingerprint density at radius 3 is 2.46 bits per heavy atom. The molecule has 2 aromatic carbocycles. The van der Waals surface area contributed by atoms with E-state index in [-0.39, 0.29) is 11.0 Å². The molecule has 2 N–H and O–H groups in total. The molecule has 0 atom stereocenters. The molecule has 0 unspecified atom stereocenters. The first-order valence-electron chi connectivity index (χ1n) is 7.71. The molecule has 0 heterocycles. The van der Waals surface area contributed by atoms with Gasteiger partial charge in [-0.2, -0.15) is 0 Å². The molecule has 26 heavy (non-hydrogen) atoms. The van der Waals surface area contributed by atoms with Crippen molar-refractivity contribution in [2.24, 2.45) is 0 Å². The molecule has 0 saturated heterocycles. The van der Waals surface area contributed by atoms with Crippen LogP contribution in [0.5, 0.6) is 11.5 Å². The van der Waals surface area contributed by atoms with Crippen LogP contribution in [0.25, 0.3) is 0 Å². The second-order valence-corrected chi connectivity index (χ2v) is 6.39. The Bertz CT molecular complexity index is 768. The first-order valence-corrected chi connectivity index (χ1v) is 8.91. The number of amides is 1. The van der Waals surface area contributed by atoms with Crippen LogP contribution in [0.4, 0.5) is 5.69 Å². The average Bonchev–Trinajstić information content (AvgIpc) is 2.63. The first-order chi connectivity index (χ1) is 12.5. The Kier molecular flexibility index (Phi) is 7.83. The van der Waals surface area contributed by atoms with Crippen LogP contribution in [0.3, 0.4) is 0 Å². The van der Waals surface area contributed by atoms with Gasteiger partial charge >= 0.3 is 0 Å². The van der Waals surface area contributed by atoms with Crippen LogP contribution in [0.2, 0.25) is 0 Å². The van der Waals surface area contributed by atoms with Gasteiger partial charge in [-0.1, -0.05) is 0 Å². The highest BCUT2D eigenvalue weighted by Gasteiger charge is 2.10. The molecule has 0 radical (unpaired) electrons. The third-order valence-electron chi connectivity index (χ3n) is 3.31. The first kappa shape index (κ1) is 20.2. The summed E-state index contributed by atoms with van der Waals surface area (Å²) >= 11 is 8.54. The maximum atomic E-state index is 12.3. The Balaban J connectivity index is 1.89. The molecule has 0 aliphatic carbocycles. The summed E-state index contributed by atoms with van der Waals surface area (Å²) in [5, 5.41) is 5.80. The zero-order chi connectivity index (χ0) is 18.9. The third-order valence-corrected chi connectivity index (χ3v) is 4.13. The summed E-state index contributed by atoms with van der Waals surface area (Å²) < 4.78 is 16.3. The van der Waals surface area contributed by atoms with Gasteiger partial charge in [0.05, 0.1) is 18.2 Å². The highest BCUT2D eigenvalue weighted by molar-refractivity contribution is 9.10. The fourth-order valence-corrected chi connectivity index (χ4v) is 2.77. The normalized spacial score (nSPS) is 10.1. The smallest absolute Gasteiger partial charge is 0.257 e.